The summed E-state index contributed by atoms with van der Waals surface area (Å²) in [6.45, 7) is 2.38. The number of nitrogens with one attached hydrogen (secondary N) is 1. The summed E-state index contributed by atoms with van der Waals surface area (Å²) < 4.78 is 0. The van der Waals surface area contributed by atoms with Gasteiger partial charge in [0.05, 0.1) is 0 Å². The molecule has 0 saturated heterocycles. The van der Waals surface area contributed by atoms with Crippen LogP contribution in [0.25, 0.3) is 0 Å². The highest BCUT2D eigenvalue weighted by Crippen LogP contribution is 2.24. The molecule has 0 amide bonds. The Hall–Kier alpha value is -0.980. The van der Waals surface area contributed by atoms with Crippen molar-refractivity contribution in [3.63, 3.8) is 0 Å². The first-order valence-corrected chi connectivity index (χ1v) is 6.16. The van der Waals surface area contributed by atoms with Crippen LogP contribution in [0.15, 0.2) is 30.3 Å². The second kappa shape index (κ2) is 5.20. The predicted octanol–water partition coefficient (Wildman–Crippen LogP) is 4.07. The maximum absolute atomic E-state index is 3.64. The van der Waals surface area contributed by atoms with Gasteiger partial charge in [-0.15, -0.1) is 0 Å². The number of hydrogen-bond acceptors (Lipinski definition) is 1. The largest absolute Gasteiger partial charge is 0.382 e. The van der Waals surface area contributed by atoms with Crippen molar-refractivity contribution in [1.29, 1.82) is 0 Å². The van der Waals surface area contributed by atoms with Gasteiger partial charge in [0.2, 0.25) is 0 Å². The van der Waals surface area contributed by atoms with E-state index in [1.165, 1.54) is 37.8 Å². The van der Waals surface area contributed by atoms with Crippen molar-refractivity contribution in [1.82, 2.24) is 0 Å². The topological polar surface area (TPSA) is 12.0 Å². The summed E-state index contributed by atoms with van der Waals surface area (Å²) in [5, 5.41) is 3.64. The molecule has 0 bridgehead atoms. The van der Waals surface area contributed by atoms with Crippen molar-refractivity contribution in [2.45, 2.75) is 45.1 Å². The summed E-state index contributed by atoms with van der Waals surface area (Å²) >= 11 is 0. The van der Waals surface area contributed by atoms with Gasteiger partial charge >= 0.3 is 0 Å². The van der Waals surface area contributed by atoms with E-state index in [0.717, 1.165) is 5.92 Å². The zero-order valence-corrected chi connectivity index (χ0v) is 9.58. The molecule has 1 saturated carbocycles. The van der Waals surface area contributed by atoms with Crippen LogP contribution in [0.1, 0.15) is 39.0 Å². The van der Waals surface area contributed by atoms with E-state index < -0.39 is 0 Å². The van der Waals surface area contributed by atoms with Gasteiger partial charge in [-0.3, -0.25) is 0 Å². The van der Waals surface area contributed by atoms with Crippen LogP contribution in [0.5, 0.6) is 0 Å². The predicted molar refractivity (Wildman–Crippen MR) is 66.1 cm³/mol. The standard InChI is InChI=1S/C14H21N/c1-12-6-5-9-14(11-10-12)15-13-7-3-2-4-8-13/h2-4,7-8,12,14-15H,5-6,9-11H2,1H3. The highest BCUT2D eigenvalue weighted by atomic mass is 14.9. The first-order valence-electron chi connectivity index (χ1n) is 6.16. The van der Waals surface area contributed by atoms with Gasteiger partial charge in [0.15, 0.2) is 0 Å². The molecule has 0 spiro atoms. The Balaban J connectivity index is 1.89. The highest BCUT2D eigenvalue weighted by molar-refractivity contribution is 5.43. The zero-order chi connectivity index (χ0) is 10.5. The lowest BCUT2D eigenvalue weighted by Gasteiger charge is -2.17. The summed E-state index contributed by atoms with van der Waals surface area (Å²) in [5.74, 6) is 0.924. The van der Waals surface area contributed by atoms with Gasteiger partial charge in [0.25, 0.3) is 0 Å². The number of rotatable bonds is 2. The average molecular weight is 203 g/mol. The summed E-state index contributed by atoms with van der Waals surface area (Å²) in [6.07, 6.45) is 6.83. The van der Waals surface area contributed by atoms with Crippen LogP contribution < -0.4 is 5.32 Å². The average Bonchev–Trinajstić information content (AvgIpc) is 2.46. The molecule has 1 heteroatoms. The quantitative estimate of drug-likeness (QED) is 0.714. The van der Waals surface area contributed by atoms with E-state index in [-0.39, 0.29) is 0 Å². The van der Waals surface area contributed by atoms with Crippen LogP contribution in [0.4, 0.5) is 5.69 Å². The molecule has 0 aromatic heterocycles. The molecule has 0 aliphatic heterocycles. The Morgan fingerprint density at radius 3 is 2.60 bits per heavy atom. The number of benzene rings is 1. The second-order valence-electron chi connectivity index (χ2n) is 4.82. The molecule has 1 aliphatic rings. The second-order valence-corrected chi connectivity index (χ2v) is 4.82. The van der Waals surface area contributed by atoms with Gasteiger partial charge in [0.1, 0.15) is 0 Å². The molecule has 15 heavy (non-hydrogen) atoms. The summed E-state index contributed by atoms with van der Waals surface area (Å²) in [6, 6.07) is 11.3. The number of hydrogen-bond donors (Lipinski definition) is 1. The fourth-order valence-electron chi connectivity index (χ4n) is 2.40. The Labute approximate surface area is 92.9 Å². The molecule has 2 unspecified atom stereocenters. The molecule has 1 N–H and O–H groups in total. The van der Waals surface area contributed by atoms with Gasteiger partial charge in [0, 0.05) is 11.7 Å². The molecule has 1 nitrogen and oxygen atoms in total. The van der Waals surface area contributed by atoms with E-state index in [2.05, 4.69) is 42.6 Å². The van der Waals surface area contributed by atoms with Crippen molar-refractivity contribution in [3.05, 3.63) is 30.3 Å². The van der Waals surface area contributed by atoms with Gasteiger partial charge in [-0.2, -0.15) is 0 Å². The van der Waals surface area contributed by atoms with Gasteiger partial charge in [-0.1, -0.05) is 38.0 Å². The monoisotopic (exact) mass is 203 g/mol. The first kappa shape index (κ1) is 10.5. The molecule has 2 rings (SSSR count). The van der Waals surface area contributed by atoms with E-state index in [4.69, 9.17) is 0 Å². The lowest BCUT2D eigenvalue weighted by atomic mass is 10.0. The third-order valence-corrected chi connectivity index (χ3v) is 3.40. The van der Waals surface area contributed by atoms with E-state index in [1.54, 1.807) is 0 Å². The van der Waals surface area contributed by atoms with Crippen LogP contribution in [-0.2, 0) is 0 Å². The Morgan fingerprint density at radius 2 is 1.80 bits per heavy atom. The van der Waals surface area contributed by atoms with Crippen molar-refractivity contribution >= 4 is 5.69 Å². The third-order valence-electron chi connectivity index (χ3n) is 3.40. The molecule has 1 aliphatic carbocycles. The van der Waals surface area contributed by atoms with Crippen LogP contribution in [0.3, 0.4) is 0 Å². The van der Waals surface area contributed by atoms with Crippen LogP contribution in [-0.4, -0.2) is 6.04 Å². The minimum absolute atomic E-state index is 0.692. The van der Waals surface area contributed by atoms with Crippen LogP contribution in [0.2, 0.25) is 0 Å². The number of anilines is 1. The SMILES string of the molecule is CC1CCCC(Nc2ccccc2)CC1. The molecule has 2 atom stereocenters. The van der Waals surface area contributed by atoms with E-state index in [1.807, 2.05) is 0 Å². The molecule has 82 valence electrons. The maximum Gasteiger partial charge on any atom is 0.0342 e. The molecule has 1 fully saturated rings. The van der Waals surface area contributed by atoms with Crippen molar-refractivity contribution in [2.75, 3.05) is 5.32 Å². The normalized spacial score (nSPS) is 27.0. The Kier molecular flexibility index (Phi) is 3.65. The maximum atomic E-state index is 3.64. The first-order chi connectivity index (χ1) is 7.34. The van der Waals surface area contributed by atoms with Crippen molar-refractivity contribution < 1.29 is 0 Å². The van der Waals surface area contributed by atoms with E-state index in [9.17, 15) is 0 Å². The summed E-state index contributed by atoms with van der Waals surface area (Å²) in [4.78, 5) is 0. The minimum Gasteiger partial charge on any atom is -0.382 e. The third kappa shape index (κ3) is 3.26. The Bertz CT molecular complexity index is 281. The van der Waals surface area contributed by atoms with Crippen LogP contribution in [0, 0.1) is 5.92 Å². The summed E-state index contributed by atoms with van der Waals surface area (Å²) in [5.41, 5.74) is 1.28. The minimum atomic E-state index is 0.692. The van der Waals surface area contributed by atoms with Crippen molar-refractivity contribution in [2.24, 2.45) is 5.92 Å². The van der Waals surface area contributed by atoms with Gasteiger partial charge in [-0.25, -0.2) is 0 Å². The lowest BCUT2D eigenvalue weighted by Crippen LogP contribution is -2.18. The number of para-hydroxylation sites is 1. The van der Waals surface area contributed by atoms with Crippen LogP contribution >= 0.6 is 0 Å². The van der Waals surface area contributed by atoms with Gasteiger partial charge < -0.3 is 5.32 Å². The Morgan fingerprint density at radius 1 is 1.00 bits per heavy atom. The molecule has 0 heterocycles. The smallest absolute Gasteiger partial charge is 0.0342 e. The molecule has 1 aromatic carbocycles. The zero-order valence-electron chi connectivity index (χ0n) is 9.58. The summed E-state index contributed by atoms with van der Waals surface area (Å²) in [7, 11) is 0. The fourth-order valence-corrected chi connectivity index (χ4v) is 2.40. The van der Waals surface area contributed by atoms with Gasteiger partial charge in [-0.05, 0) is 37.3 Å². The molecular weight excluding hydrogens is 182 g/mol. The molecule has 0 radical (unpaired) electrons. The molecule has 1 aromatic rings. The highest BCUT2D eigenvalue weighted by Gasteiger charge is 2.15. The van der Waals surface area contributed by atoms with E-state index >= 15 is 0 Å². The lowest BCUT2D eigenvalue weighted by molar-refractivity contribution is 0.502. The molecular formula is C14H21N. The van der Waals surface area contributed by atoms with Crippen molar-refractivity contribution in [3.8, 4) is 0 Å². The fraction of sp³-hybridized carbons (Fsp3) is 0.571. The van der Waals surface area contributed by atoms with E-state index in [0.29, 0.717) is 6.04 Å².